The second-order valence-corrected chi connectivity index (χ2v) is 5.24. The first kappa shape index (κ1) is 13.4. The van der Waals surface area contributed by atoms with Gasteiger partial charge >= 0.3 is 0 Å². The predicted octanol–water partition coefficient (Wildman–Crippen LogP) is 4.45. The van der Waals surface area contributed by atoms with Crippen molar-refractivity contribution in [1.29, 1.82) is 0 Å². The normalized spacial score (nSPS) is 10.4. The van der Waals surface area contributed by atoms with Gasteiger partial charge in [0.25, 0.3) is 0 Å². The Kier molecular flexibility index (Phi) is 3.97. The summed E-state index contributed by atoms with van der Waals surface area (Å²) in [5.41, 5.74) is -0.0193. The summed E-state index contributed by atoms with van der Waals surface area (Å²) in [6.07, 6.45) is 0. The van der Waals surface area contributed by atoms with Crippen molar-refractivity contribution in [3.63, 3.8) is 0 Å². The number of carbonyl (C=O) groups excluding carboxylic acids is 1. The van der Waals surface area contributed by atoms with Crippen LogP contribution in [-0.2, 0) is 0 Å². The molecule has 0 saturated heterocycles. The van der Waals surface area contributed by atoms with Gasteiger partial charge in [-0.1, -0.05) is 11.6 Å². The lowest BCUT2D eigenvalue weighted by molar-refractivity contribution is 0.103. The SMILES string of the molecule is O=C(c1ccc(I)cc1)c1cc(F)c(Cl)cc1F. The highest BCUT2D eigenvalue weighted by Crippen LogP contribution is 2.21. The van der Waals surface area contributed by atoms with E-state index in [1.807, 2.05) is 0 Å². The van der Waals surface area contributed by atoms with E-state index >= 15 is 0 Å². The van der Waals surface area contributed by atoms with Crippen molar-refractivity contribution in [3.8, 4) is 0 Å². The summed E-state index contributed by atoms with van der Waals surface area (Å²) in [4.78, 5) is 12.0. The van der Waals surface area contributed by atoms with Gasteiger partial charge in [0, 0.05) is 9.13 Å². The summed E-state index contributed by atoms with van der Waals surface area (Å²) in [5, 5.41) is -0.341. The Morgan fingerprint density at radius 2 is 1.67 bits per heavy atom. The molecule has 0 radical (unpaired) electrons. The van der Waals surface area contributed by atoms with E-state index in [-0.39, 0.29) is 10.6 Å². The molecule has 2 rings (SSSR count). The van der Waals surface area contributed by atoms with E-state index in [9.17, 15) is 13.6 Å². The van der Waals surface area contributed by atoms with Crippen LogP contribution in [0.2, 0.25) is 5.02 Å². The lowest BCUT2D eigenvalue weighted by atomic mass is 10.0. The number of benzene rings is 2. The number of rotatable bonds is 2. The number of carbonyl (C=O) groups is 1. The number of ketones is 1. The molecule has 18 heavy (non-hydrogen) atoms. The van der Waals surface area contributed by atoms with Gasteiger partial charge in [0.2, 0.25) is 0 Å². The molecule has 0 heterocycles. The zero-order valence-corrected chi connectivity index (χ0v) is 11.8. The van der Waals surface area contributed by atoms with Gasteiger partial charge in [-0.3, -0.25) is 4.79 Å². The molecular weight excluding hydrogens is 372 g/mol. The standard InChI is InChI=1S/C13H6ClF2IO/c14-10-6-11(15)9(5-12(10)16)13(18)7-1-3-8(17)4-2-7/h1-6H. The van der Waals surface area contributed by atoms with Crippen LogP contribution in [-0.4, -0.2) is 5.78 Å². The Balaban J connectivity index is 2.46. The molecule has 0 aromatic heterocycles. The van der Waals surface area contributed by atoms with Crippen molar-refractivity contribution in [2.45, 2.75) is 0 Å². The Bertz CT molecular complexity index is 611. The highest BCUT2D eigenvalue weighted by molar-refractivity contribution is 14.1. The molecule has 0 atom stereocenters. The molecule has 0 aliphatic heterocycles. The zero-order valence-electron chi connectivity index (χ0n) is 8.88. The fraction of sp³-hybridized carbons (Fsp3) is 0. The van der Waals surface area contributed by atoms with Crippen LogP contribution in [0.25, 0.3) is 0 Å². The van der Waals surface area contributed by atoms with Gasteiger partial charge in [-0.25, -0.2) is 8.78 Å². The molecule has 0 bridgehead atoms. The molecular formula is C13H6ClF2IO. The fourth-order valence-electron chi connectivity index (χ4n) is 1.45. The van der Waals surface area contributed by atoms with Crippen LogP contribution in [0.5, 0.6) is 0 Å². The lowest BCUT2D eigenvalue weighted by Crippen LogP contribution is -2.05. The average Bonchev–Trinajstić information content (AvgIpc) is 2.34. The molecule has 92 valence electrons. The Hall–Kier alpha value is -1.01. The van der Waals surface area contributed by atoms with Gasteiger partial charge in [-0.05, 0) is 59.0 Å². The van der Waals surface area contributed by atoms with Gasteiger partial charge in [-0.15, -0.1) is 0 Å². The van der Waals surface area contributed by atoms with Crippen LogP contribution < -0.4 is 0 Å². The minimum absolute atomic E-state index is 0.302. The summed E-state index contributed by atoms with van der Waals surface area (Å²) < 4.78 is 27.8. The van der Waals surface area contributed by atoms with E-state index in [1.54, 1.807) is 24.3 Å². The van der Waals surface area contributed by atoms with Crippen molar-refractivity contribution in [2.24, 2.45) is 0 Å². The quantitative estimate of drug-likeness (QED) is 0.429. The van der Waals surface area contributed by atoms with Crippen LogP contribution in [0, 0.1) is 15.2 Å². The molecule has 0 spiro atoms. The van der Waals surface area contributed by atoms with Gasteiger partial charge in [0.1, 0.15) is 11.6 Å². The topological polar surface area (TPSA) is 17.1 Å². The van der Waals surface area contributed by atoms with E-state index in [0.717, 1.165) is 15.7 Å². The van der Waals surface area contributed by atoms with Crippen molar-refractivity contribution < 1.29 is 13.6 Å². The van der Waals surface area contributed by atoms with Crippen molar-refractivity contribution in [3.05, 3.63) is 67.8 Å². The maximum absolute atomic E-state index is 13.6. The highest BCUT2D eigenvalue weighted by Gasteiger charge is 2.16. The fourth-order valence-corrected chi connectivity index (χ4v) is 1.96. The number of hydrogen-bond acceptors (Lipinski definition) is 1. The summed E-state index contributed by atoms with van der Waals surface area (Å²) in [7, 11) is 0. The average molecular weight is 379 g/mol. The molecule has 0 aliphatic rings. The minimum Gasteiger partial charge on any atom is -0.288 e. The smallest absolute Gasteiger partial charge is 0.196 e. The predicted molar refractivity (Wildman–Crippen MR) is 74.0 cm³/mol. The Labute approximate surface area is 121 Å². The van der Waals surface area contributed by atoms with Gasteiger partial charge in [0.15, 0.2) is 5.78 Å². The molecule has 0 N–H and O–H groups in total. The molecule has 5 heteroatoms. The molecule has 0 saturated carbocycles. The van der Waals surface area contributed by atoms with E-state index in [4.69, 9.17) is 11.6 Å². The first-order chi connectivity index (χ1) is 8.49. The minimum atomic E-state index is -0.829. The molecule has 0 amide bonds. The third kappa shape index (κ3) is 2.70. The maximum Gasteiger partial charge on any atom is 0.196 e. The second-order valence-electron chi connectivity index (χ2n) is 3.58. The Morgan fingerprint density at radius 1 is 1.06 bits per heavy atom. The summed E-state index contributed by atoms with van der Waals surface area (Å²) in [6, 6.07) is 8.19. The first-order valence-electron chi connectivity index (χ1n) is 4.94. The van der Waals surface area contributed by atoms with Crippen LogP contribution in [0.15, 0.2) is 36.4 Å². The third-order valence-electron chi connectivity index (χ3n) is 2.36. The molecule has 0 aliphatic carbocycles. The van der Waals surface area contributed by atoms with E-state index < -0.39 is 17.4 Å². The van der Waals surface area contributed by atoms with Crippen molar-refractivity contribution in [1.82, 2.24) is 0 Å². The summed E-state index contributed by atoms with van der Waals surface area (Å²) in [6.45, 7) is 0. The summed E-state index contributed by atoms with van der Waals surface area (Å²) in [5.74, 6) is -2.21. The van der Waals surface area contributed by atoms with Crippen LogP contribution in [0.4, 0.5) is 8.78 Å². The van der Waals surface area contributed by atoms with Crippen molar-refractivity contribution in [2.75, 3.05) is 0 Å². The molecule has 0 fully saturated rings. The molecule has 1 nitrogen and oxygen atoms in total. The van der Waals surface area contributed by atoms with Gasteiger partial charge in [-0.2, -0.15) is 0 Å². The second kappa shape index (κ2) is 5.32. The monoisotopic (exact) mass is 378 g/mol. The Morgan fingerprint density at radius 3 is 2.28 bits per heavy atom. The van der Waals surface area contributed by atoms with Crippen LogP contribution >= 0.6 is 34.2 Å². The van der Waals surface area contributed by atoms with E-state index in [2.05, 4.69) is 22.6 Å². The number of hydrogen-bond donors (Lipinski definition) is 0. The third-order valence-corrected chi connectivity index (χ3v) is 3.37. The van der Waals surface area contributed by atoms with E-state index in [0.29, 0.717) is 5.56 Å². The number of halogens is 4. The largest absolute Gasteiger partial charge is 0.288 e. The van der Waals surface area contributed by atoms with Gasteiger partial charge < -0.3 is 0 Å². The first-order valence-corrected chi connectivity index (χ1v) is 6.39. The van der Waals surface area contributed by atoms with Crippen molar-refractivity contribution >= 4 is 40.0 Å². The highest BCUT2D eigenvalue weighted by atomic mass is 127. The molecule has 2 aromatic carbocycles. The summed E-state index contributed by atoms with van der Waals surface area (Å²) >= 11 is 7.52. The van der Waals surface area contributed by atoms with Crippen LogP contribution in [0.1, 0.15) is 15.9 Å². The zero-order chi connectivity index (χ0) is 13.3. The molecule has 0 unspecified atom stereocenters. The van der Waals surface area contributed by atoms with Gasteiger partial charge in [0.05, 0.1) is 10.6 Å². The van der Waals surface area contributed by atoms with E-state index in [1.165, 1.54) is 0 Å². The lowest BCUT2D eigenvalue weighted by Gasteiger charge is -2.04. The maximum atomic E-state index is 13.6. The molecule has 2 aromatic rings. The van der Waals surface area contributed by atoms with Crippen LogP contribution in [0.3, 0.4) is 0 Å².